The third-order valence-corrected chi connectivity index (χ3v) is 6.38. The summed E-state index contributed by atoms with van der Waals surface area (Å²) in [5.41, 5.74) is 2.47. The Morgan fingerprint density at radius 1 is 1.03 bits per heavy atom. The van der Waals surface area contributed by atoms with Crippen molar-refractivity contribution in [2.45, 2.75) is 38.4 Å². The smallest absolute Gasteiger partial charge is 0.267 e. The number of hydrogen-bond donors (Lipinski definition) is 1. The summed E-state index contributed by atoms with van der Waals surface area (Å²) in [5, 5.41) is 4.12. The summed E-state index contributed by atoms with van der Waals surface area (Å²) in [5.74, 6) is 0.945. The first-order valence-corrected chi connectivity index (χ1v) is 12.3. The van der Waals surface area contributed by atoms with Crippen LogP contribution in [0.1, 0.15) is 37.4 Å². The van der Waals surface area contributed by atoms with E-state index in [1.54, 1.807) is 18.3 Å². The van der Waals surface area contributed by atoms with E-state index < -0.39 is 0 Å². The fraction of sp³-hybridized carbons (Fsp3) is 0.259. The number of benzene rings is 2. The summed E-state index contributed by atoms with van der Waals surface area (Å²) >= 11 is 1.24. The van der Waals surface area contributed by atoms with Crippen LogP contribution in [-0.2, 0) is 4.79 Å². The summed E-state index contributed by atoms with van der Waals surface area (Å²) in [4.78, 5) is 35.4. The fourth-order valence-electron chi connectivity index (χ4n) is 3.80. The van der Waals surface area contributed by atoms with Crippen LogP contribution < -0.4 is 10.9 Å². The van der Waals surface area contributed by atoms with Crippen LogP contribution in [0.15, 0.2) is 82.9 Å². The number of carbonyl (C=O) groups excluding carboxylic acids is 1. The number of hydrogen-bond acceptors (Lipinski definition) is 5. The first-order valence-electron chi connectivity index (χ1n) is 11.3. The molecule has 2 heterocycles. The highest BCUT2D eigenvalue weighted by molar-refractivity contribution is 7.99. The van der Waals surface area contributed by atoms with Crippen molar-refractivity contribution in [1.29, 1.82) is 0 Å². The van der Waals surface area contributed by atoms with Crippen molar-refractivity contribution in [3.05, 3.63) is 94.4 Å². The lowest BCUT2D eigenvalue weighted by molar-refractivity contribution is -0.119. The number of aromatic nitrogens is 3. The van der Waals surface area contributed by atoms with Crippen LogP contribution in [0.3, 0.4) is 0 Å². The topological polar surface area (TPSA) is 76.9 Å². The Hall–Kier alpha value is -3.45. The number of aryl methyl sites for hydroxylation is 1. The highest BCUT2D eigenvalue weighted by Gasteiger charge is 2.19. The highest BCUT2D eigenvalue weighted by atomic mass is 32.2. The second-order valence-electron chi connectivity index (χ2n) is 8.69. The van der Waals surface area contributed by atoms with Gasteiger partial charge in [0, 0.05) is 6.20 Å². The van der Waals surface area contributed by atoms with Gasteiger partial charge in [-0.1, -0.05) is 74.1 Å². The standard InChI is InChI=1S/C27H28N4O2S/c1-18(2)15-23(20-9-5-4-6-10-20)29-25(32)17-34-27-30-22-12-8-7-11-21(22)26(33)31(27)24-14-13-19(3)16-28-24/h4-14,16,18,23H,15,17H2,1-3H3,(H,29,32). The molecule has 0 fully saturated rings. The normalized spacial score (nSPS) is 12.1. The van der Waals surface area contributed by atoms with E-state index >= 15 is 0 Å². The van der Waals surface area contributed by atoms with Gasteiger partial charge < -0.3 is 5.32 Å². The first-order chi connectivity index (χ1) is 16.4. The van der Waals surface area contributed by atoms with Crippen LogP contribution in [0.5, 0.6) is 0 Å². The van der Waals surface area contributed by atoms with Crippen LogP contribution >= 0.6 is 11.8 Å². The molecule has 0 aliphatic rings. The maximum Gasteiger partial charge on any atom is 0.267 e. The quantitative estimate of drug-likeness (QED) is 0.286. The van der Waals surface area contributed by atoms with E-state index in [9.17, 15) is 9.59 Å². The maximum atomic E-state index is 13.3. The molecular weight excluding hydrogens is 444 g/mol. The molecule has 2 aromatic carbocycles. The molecule has 1 atom stereocenters. The lowest BCUT2D eigenvalue weighted by atomic mass is 9.97. The monoisotopic (exact) mass is 472 g/mol. The van der Waals surface area contributed by atoms with E-state index in [2.05, 4.69) is 24.1 Å². The van der Waals surface area contributed by atoms with Gasteiger partial charge in [0.25, 0.3) is 5.56 Å². The molecule has 4 rings (SSSR count). The fourth-order valence-corrected chi connectivity index (χ4v) is 4.62. The minimum atomic E-state index is -0.202. The van der Waals surface area contributed by atoms with E-state index in [-0.39, 0.29) is 23.3 Å². The molecular formula is C27H28N4O2S. The van der Waals surface area contributed by atoms with Crippen LogP contribution in [-0.4, -0.2) is 26.2 Å². The lowest BCUT2D eigenvalue weighted by Crippen LogP contribution is -2.31. The van der Waals surface area contributed by atoms with Crippen molar-refractivity contribution >= 4 is 28.6 Å². The molecule has 174 valence electrons. The number of rotatable bonds is 8. The number of carbonyl (C=O) groups is 1. The van der Waals surface area contributed by atoms with Crippen molar-refractivity contribution in [2.24, 2.45) is 5.92 Å². The van der Waals surface area contributed by atoms with E-state index in [4.69, 9.17) is 4.98 Å². The zero-order valence-corrected chi connectivity index (χ0v) is 20.4. The van der Waals surface area contributed by atoms with Gasteiger partial charge in [0.15, 0.2) is 5.16 Å². The molecule has 1 unspecified atom stereocenters. The van der Waals surface area contributed by atoms with Crippen molar-refractivity contribution < 1.29 is 4.79 Å². The molecule has 0 saturated carbocycles. The molecule has 0 saturated heterocycles. The van der Waals surface area contributed by atoms with Crippen molar-refractivity contribution in [3.8, 4) is 5.82 Å². The SMILES string of the molecule is Cc1ccc(-n2c(SCC(=O)NC(CC(C)C)c3ccccc3)nc3ccccc3c2=O)nc1. The van der Waals surface area contributed by atoms with Crippen LogP contribution in [0, 0.1) is 12.8 Å². The Morgan fingerprint density at radius 3 is 2.47 bits per heavy atom. The second kappa shape index (κ2) is 10.7. The summed E-state index contributed by atoms with van der Waals surface area (Å²) in [6.07, 6.45) is 2.56. The number of pyridine rings is 1. The molecule has 4 aromatic rings. The molecule has 7 heteroatoms. The van der Waals surface area contributed by atoms with E-state index in [1.807, 2.05) is 61.5 Å². The van der Waals surface area contributed by atoms with Crippen molar-refractivity contribution in [1.82, 2.24) is 19.9 Å². The first kappa shape index (κ1) is 23.7. The Morgan fingerprint density at radius 2 is 1.76 bits per heavy atom. The summed E-state index contributed by atoms with van der Waals surface area (Å²) < 4.78 is 1.49. The predicted octanol–water partition coefficient (Wildman–Crippen LogP) is 5.08. The molecule has 6 nitrogen and oxygen atoms in total. The molecule has 0 spiro atoms. The average Bonchev–Trinajstić information content (AvgIpc) is 2.83. The molecule has 0 radical (unpaired) electrons. The van der Waals surface area contributed by atoms with Gasteiger partial charge in [0.2, 0.25) is 5.91 Å². The Balaban J connectivity index is 1.61. The molecule has 34 heavy (non-hydrogen) atoms. The number of thioether (sulfide) groups is 1. The summed E-state index contributed by atoms with van der Waals surface area (Å²) in [6, 6.07) is 20.9. The Bertz CT molecular complexity index is 1330. The zero-order chi connectivity index (χ0) is 24.1. The van der Waals surface area contributed by atoms with Gasteiger partial charge in [-0.3, -0.25) is 9.59 Å². The Kier molecular flexibility index (Phi) is 7.43. The van der Waals surface area contributed by atoms with Gasteiger partial charge in [0.05, 0.1) is 22.7 Å². The lowest BCUT2D eigenvalue weighted by Gasteiger charge is -2.21. The number of amides is 1. The third kappa shape index (κ3) is 5.54. The molecule has 2 aromatic heterocycles. The third-order valence-electron chi connectivity index (χ3n) is 5.45. The zero-order valence-electron chi connectivity index (χ0n) is 19.6. The van der Waals surface area contributed by atoms with Crippen molar-refractivity contribution in [3.63, 3.8) is 0 Å². The largest absolute Gasteiger partial charge is 0.349 e. The van der Waals surface area contributed by atoms with E-state index in [0.29, 0.717) is 27.8 Å². The average molecular weight is 473 g/mol. The van der Waals surface area contributed by atoms with E-state index in [0.717, 1.165) is 17.5 Å². The highest BCUT2D eigenvalue weighted by Crippen LogP contribution is 2.23. The van der Waals surface area contributed by atoms with Gasteiger partial charge in [-0.15, -0.1) is 0 Å². The summed E-state index contributed by atoms with van der Waals surface area (Å²) in [6.45, 7) is 6.23. The van der Waals surface area contributed by atoms with Gasteiger partial charge in [-0.2, -0.15) is 0 Å². The number of nitrogens with zero attached hydrogens (tertiary/aromatic N) is 3. The maximum absolute atomic E-state index is 13.3. The van der Waals surface area contributed by atoms with Crippen molar-refractivity contribution in [2.75, 3.05) is 5.75 Å². The second-order valence-corrected chi connectivity index (χ2v) is 9.64. The molecule has 1 N–H and O–H groups in total. The number of fused-ring (bicyclic) bond motifs is 1. The van der Waals surface area contributed by atoms with E-state index in [1.165, 1.54) is 16.3 Å². The predicted molar refractivity (Wildman–Crippen MR) is 137 cm³/mol. The Labute approximate surface area is 203 Å². The van der Waals surface area contributed by atoms with Crippen LogP contribution in [0.4, 0.5) is 0 Å². The van der Waals surface area contributed by atoms with Crippen LogP contribution in [0.2, 0.25) is 0 Å². The van der Waals surface area contributed by atoms with Gasteiger partial charge in [0.1, 0.15) is 5.82 Å². The van der Waals surface area contributed by atoms with Gasteiger partial charge >= 0.3 is 0 Å². The number of para-hydroxylation sites is 1. The molecule has 0 bridgehead atoms. The minimum absolute atomic E-state index is 0.0696. The van der Waals surface area contributed by atoms with Gasteiger partial charge in [-0.05, 0) is 48.6 Å². The van der Waals surface area contributed by atoms with Crippen LogP contribution in [0.25, 0.3) is 16.7 Å². The summed E-state index contributed by atoms with van der Waals surface area (Å²) in [7, 11) is 0. The van der Waals surface area contributed by atoms with Gasteiger partial charge in [-0.25, -0.2) is 14.5 Å². The molecule has 0 aliphatic heterocycles. The molecule has 0 aliphatic carbocycles. The minimum Gasteiger partial charge on any atom is -0.349 e. The molecule has 1 amide bonds. The number of nitrogens with one attached hydrogen (secondary N) is 1.